The number of fused-ring (bicyclic) bond motifs is 1. The maximum atomic E-state index is 12.3. The number of rotatable bonds is 5. The van der Waals surface area contributed by atoms with Gasteiger partial charge in [0.25, 0.3) is 0 Å². The average Bonchev–Trinajstić information content (AvgIpc) is 2.86. The van der Waals surface area contributed by atoms with Crippen molar-refractivity contribution in [3.8, 4) is 0 Å². The van der Waals surface area contributed by atoms with E-state index in [0.29, 0.717) is 25.3 Å². The number of hydrogen-bond acceptors (Lipinski definition) is 7. The van der Waals surface area contributed by atoms with E-state index in [4.69, 9.17) is 10.0 Å². The first kappa shape index (κ1) is 15.7. The molecule has 1 unspecified atom stereocenters. The molecule has 8 heteroatoms. The maximum Gasteiger partial charge on any atom is 0.242 e. The quantitative estimate of drug-likeness (QED) is 0.476. The van der Waals surface area contributed by atoms with E-state index in [1.165, 1.54) is 0 Å². The van der Waals surface area contributed by atoms with Crippen molar-refractivity contribution in [3.05, 3.63) is 36.0 Å². The van der Waals surface area contributed by atoms with Crippen molar-refractivity contribution in [1.29, 1.82) is 0 Å². The van der Waals surface area contributed by atoms with Gasteiger partial charge in [0.15, 0.2) is 0 Å². The smallest absolute Gasteiger partial charge is 0.242 e. The molecule has 1 aliphatic heterocycles. The van der Waals surface area contributed by atoms with E-state index in [0.717, 1.165) is 16.3 Å². The van der Waals surface area contributed by atoms with Crippen molar-refractivity contribution in [3.63, 3.8) is 0 Å². The molecule has 0 saturated carbocycles. The lowest BCUT2D eigenvalue weighted by Gasteiger charge is -2.18. The number of hydroxylamine groups is 1. The standard InChI is InChI=1S/C15H17N4O3S/c1-23(21)22-18-13-5-7-19(15(13)20)9-10-2-3-12-11(8-10)4-6-17-14(12)16/h2-4,6,8,13,18H,1,5,7,9H2,(H2,16,17)/q-1. The average molecular weight is 333 g/mol. The van der Waals surface area contributed by atoms with Crippen LogP contribution in [-0.4, -0.2) is 34.2 Å². The zero-order valence-electron chi connectivity index (χ0n) is 12.4. The number of carbonyl (C=O) groups excluding carboxylic acids is 1. The highest BCUT2D eigenvalue weighted by Crippen LogP contribution is 2.22. The lowest BCUT2D eigenvalue weighted by molar-refractivity contribution is -0.131. The first-order valence-corrected chi connectivity index (χ1v) is 8.35. The van der Waals surface area contributed by atoms with Crippen LogP contribution in [0, 0.1) is 0 Å². The fourth-order valence-corrected chi connectivity index (χ4v) is 2.91. The molecule has 1 saturated heterocycles. The molecule has 1 aromatic heterocycles. The number of pyridine rings is 1. The second-order valence-electron chi connectivity index (χ2n) is 5.36. The third-order valence-corrected chi connectivity index (χ3v) is 4.10. The van der Waals surface area contributed by atoms with Crippen LogP contribution in [0.2, 0.25) is 0 Å². The Morgan fingerprint density at radius 1 is 1.48 bits per heavy atom. The molecule has 7 nitrogen and oxygen atoms in total. The Labute approximate surface area is 135 Å². The summed E-state index contributed by atoms with van der Waals surface area (Å²) in [5.41, 5.74) is 9.36. The number of nitrogens with two attached hydrogens (primary N) is 1. The van der Waals surface area contributed by atoms with Crippen LogP contribution >= 0.6 is 0 Å². The Morgan fingerprint density at radius 2 is 2.30 bits per heavy atom. The van der Waals surface area contributed by atoms with Gasteiger partial charge in [0.05, 0.1) is 0 Å². The van der Waals surface area contributed by atoms with E-state index in [2.05, 4.69) is 16.3 Å². The van der Waals surface area contributed by atoms with Crippen LogP contribution < -0.4 is 11.2 Å². The minimum Gasteiger partial charge on any atom is -0.435 e. The number of aromatic nitrogens is 1. The molecule has 3 N–H and O–H groups in total. The maximum absolute atomic E-state index is 12.3. The molecule has 2 heterocycles. The number of nitrogens with one attached hydrogen (secondary N) is 1. The number of nitrogen functional groups attached to an aromatic ring is 1. The second-order valence-corrected chi connectivity index (χ2v) is 6.13. The summed E-state index contributed by atoms with van der Waals surface area (Å²) in [4.78, 5) is 18.1. The summed E-state index contributed by atoms with van der Waals surface area (Å²) in [5, 5.41) is 1.89. The van der Waals surface area contributed by atoms with E-state index >= 15 is 0 Å². The van der Waals surface area contributed by atoms with E-state index in [1.54, 1.807) is 11.1 Å². The van der Waals surface area contributed by atoms with Gasteiger partial charge in [0.1, 0.15) is 11.9 Å². The van der Waals surface area contributed by atoms with E-state index in [1.807, 2.05) is 24.3 Å². The van der Waals surface area contributed by atoms with Crippen molar-refractivity contribution >= 4 is 39.0 Å². The van der Waals surface area contributed by atoms with E-state index in [-0.39, 0.29) is 5.91 Å². The van der Waals surface area contributed by atoms with Crippen LogP contribution in [0.5, 0.6) is 0 Å². The van der Waals surface area contributed by atoms with Crippen molar-refractivity contribution in [1.82, 2.24) is 15.4 Å². The monoisotopic (exact) mass is 333 g/mol. The third-order valence-electron chi connectivity index (χ3n) is 3.81. The van der Waals surface area contributed by atoms with Gasteiger partial charge in [0.2, 0.25) is 5.91 Å². The molecule has 2 aromatic rings. The Bertz CT molecular complexity index is 813. The third kappa shape index (κ3) is 3.44. The molecule has 122 valence electrons. The summed E-state index contributed by atoms with van der Waals surface area (Å²) in [6.45, 7) is 1.11. The predicted octanol–water partition coefficient (Wildman–Crippen LogP) is 0.750. The SMILES string of the molecule is C=[S-](=O)ONC1CCN(Cc2ccc3c(N)nccc3c2)C1=O. The predicted molar refractivity (Wildman–Crippen MR) is 89.4 cm³/mol. The van der Waals surface area contributed by atoms with Gasteiger partial charge in [-0.05, 0) is 29.5 Å². The van der Waals surface area contributed by atoms with Crippen molar-refractivity contribution in [2.75, 3.05) is 12.3 Å². The molecule has 0 radical (unpaired) electrons. The zero-order valence-corrected chi connectivity index (χ0v) is 13.2. The number of carbonyl (C=O) groups is 1. The number of likely N-dealkylation sites (tertiary alicyclic amines) is 1. The highest BCUT2D eigenvalue weighted by molar-refractivity contribution is 7.77. The van der Waals surface area contributed by atoms with Crippen molar-refractivity contribution in [2.45, 2.75) is 19.0 Å². The van der Waals surface area contributed by atoms with Gasteiger partial charge in [0, 0.05) is 24.7 Å². The highest BCUT2D eigenvalue weighted by Gasteiger charge is 2.31. The summed E-state index contributed by atoms with van der Waals surface area (Å²) >= 11 is 0. The minimum atomic E-state index is -1.69. The largest absolute Gasteiger partial charge is 0.435 e. The van der Waals surface area contributed by atoms with Gasteiger partial charge in [-0.1, -0.05) is 12.1 Å². The fraction of sp³-hybridized carbons (Fsp3) is 0.267. The second kappa shape index (κ2) is 6.53. The number of anilines is 1. The first-order valence-electron chi connectivity index (χ1n) is 7.11. The normalized spacial score (nSPS) is 18.2. The Morgan fingerprint density at radius 3 is 3.09 bits per heavy atom. The van der Waals surface area contributed by atoms with Crippen molar-refractivity contribution in [2.24, 2.45) is 0 Å². The van der Waals surface area contributed by atoms with Crippen LogP contribution in [0.4, 0.5) is 5.82 Å². The molecule has 1 atom stereocenters. The lowest BCUT2D eigenvalue weighted by atomic mass is 10.1. The number of benzene rings is 1. The highest BCUT2D eigenvalue weighted by atomic mass is 32.2. The molecule has 1 fully saturated rings. The van der Waals surface area contributed by atoms with E-state index < -0.39 is 16.7 Å². The Kier molecular flexibility index (Phi) is 4.46. The molecule has 0 spiro atoms. The van der Waals surface area contributed by atoms with Gasteiger partial charge < -0.3 is 19.1 Å². The number of nitrogens with zero attached hydrogens (tertiary/aromatic N) is 2. The summed E-state index contributed by atoms with van der Waals surface area (Å²) < 4.78 is 15.5. The number of amides is 1. The van der Waals surface area contributed by atoms with Crippen LogP contribution in [0.1, 0.15) is 12.0 Å². The first-order chi connectivity index (χ1) is 11.0. The van der Waals surface area contributed by atoms with Crippen LogP contribution in [0.15, 0.2) is 30.5 Å². The molecular formula is C15H17N4O3S-. The van der Waals surface area contributed by atoms with Crippen molar-refractivity contribution < 1.29 is 13.3 Å². The van der Waals surface area contributed by atoms with Crippen LogP contribution in [0.25, 0.3) is 10.8 Å². The topological polar surface area (TPSA) is 97.6 Å². The van der Waals surface area contributed by atoms with Gasteiger partial charge in [-0.3, -0.25) is 4.79 Å². The molecule has 3 rings (SSSR count). The molecule has 23 heavy (non-hydrogen) atoms. The molecule has 0 aliphatic carbocycles. The zero-order chi connectivity index (χ0) is 16.4. The summed E-state index contributed by atoms with van der Waals surface area (Å²) in [5.74, 6) is 3.61. The summed E-state index contributed by atoms with van der Waals surface area (Å²) in [6, 6.07) is 7.26. The minimum absolute atomic E-state index is 0.0789. The summed E-state index contributed by atoms with van der Waals surface area (Å²) in [6.07, 6.45) is 2.26. The van der Waals surface area contributed by atoms with Crippen LogP contribution in [0.3, 0.4) is 0 Å². The molecule has 1 aliphatic rings. The molecule has 1 amide bonds. The van der Waals surface area contributed by atoms with Gasteiger partial charge in [-0.25, -0.2) is 10.5 Å². The van der Waals surface area contributed by atoms with Gasteiger partial charge in [-0.15, -0.1) is 10.7 Å². The number of hydrogen-bond donors (Lipinski definition) is 2. The molecular weight excluding hydrogens is 316 g/mol. The Balaban J connectivity index is 1.71. The lowest BCUT2D eigenvalue weighted by Crippen LogP contribution is -2.37. The van der Waals surface area contributed by atoms with Gasteiger partial charge >= 0.3 is 0 Å². The molecule has 0 bridgehead atoms. The Hall–Kier alpha value is -2.16. The summed E-state index contributed by atoms with van der Waals surface area (Å²) in [7, 11) is -1.69. The fourth-order valence-electron chi connectivity index (χ4n) is 2.69. The van der Waals surface area contributed by atoms with E-state index in [9.17, 15) is 9.00 Å². The molecule has 1 aromatic carbocycles. The van der Waals surface area contributed by atoms with Gasteiger partial charge in [-0.2, -0.15) is 5.87 Å². The van der Waals surface area contributed by atoms with Crippen LogP contribution in [-0.2, 0) is 30.5 Å².